The number of nitrogens with one attached hydrogen (secondary N) is 2. The largest absolute Gasteiger partial charge is 0.478 e. The molecule has 0 fully saturated rings. The van der Waals surface area contributed by atoms with Crippen LogP contribution in [0.2, 0.25) is 0 Å². The smallest absolute Gasteiger partial charge is 0.331 e. The summed E-state index contributed by atoms with van der Waals surface area (Å²) in [4.78, 5) is 25.2. The predicted molar refractivity (Wildman–Crippen MR) is 99.3 cm³/mol. The van der Waals surface area contributed by atoms with E-state index in [1.807, 2.05) is 0 Å². The lowest BCUT2D eigenvalue weighted by Gasteiger charge is -2.37. The van der Waals surface area contributed by atoms with Crippen molar-refractivity contribution >= 4 is 11.9 Å². The summed E-state index contributed by atoms with van der Waals surface area (Å²) in [5, 5.41) is 15.6. The summed E-state index contributed by atoms with van der Waals surface area (Å²) >= 11 is 0. The SMILES string of the molecule is CCN(CC)CCCC(C)N[C@@H]1C=C(C(=O)O)C[C@H](N)C1NC(C)=O. The van der Waals surface area contributed by atoms with Gasteiger partial charge in [-0.3, -0.25) is 4.79 Å². The molecule has 0 spiro atoms. The minimum absolute atomic E-state index is 0.159. The van der Waals surface area contributed by atoms with Crippen molar-refractivity contribution < 1.29 is 14.7 Å². The third kappa shape index (κ3) is 7.13. The third-order valence-electron chi connectivity index (χ3n) is 4.81. The van der Waals surface area contributed by atoms with E-state index < -0.39 is 12.0 Å². The number of amides is 1. The maximum absolute atomic E-state index is 11.5. The van der Waals surface area contributed by atoms with Crippen molar-refractivity contribution in [2.45, 2.75) is 71.1 Å². The molecular formula is C18H34N4O3. The molecule has 0 bridgehead atoms. The normalized spacial score (nSPS) is 24.7. The number of hydrogen-bond acceptors (Lipinski definition) is 5. The van der Waals surface area contributed by atoms with Gasteiger partial charge in [-0.25, -0.2) is 4.79 Å². The number of carbonyl (C=O) groups is 2. The predicted octanol–water partition coefficient (Wildman–Crippen LogP) is 0.702. The summed E-state index contributed by atoms with van der Waals surface area (Å²) in [6, 6.07) is -0.790. The van der Waals surface area contributed by atoms with E-state index in [4.69, 9.17) is 5.73 Å². The van der Waals surface area contributed by atoms with E-state index in [1.165, 1.54) is 6.92 Å². The molecule has 2 unspecified atom stereocenters. The molecule has 0 saturated heterocycles. The van der Waals surface area contributed by atoms with E-state index in [0.29, 0.717) is 5.57 Å². The highest BCUT2D eigenvalue weighted by Gasteiger charge is 2.34. The summed E-state index contributed by atoms with van der Waals surface area (Å²) in [7, 11) is 0. The number of nitrogens with two attached hydrogens (primary N) is 1. The zero-order valence-electron chi connectivity index (χ0n) is 15.9. The minimum Gasteiger partial charge on any atom is -0.478 e. The Morgan fingerprint density at radius 3 is 2.56 bits per heavy atom. The molecule has 0 aromatic heterocycles. The fraction of sp³-hybridized carbons (Fsp3) is 0.778. The topological polar surface area (TPSA) is 108 Å². The Morgan fingerprint density at radius 2 is 2.04 bits per heavy atom. The van der Waals surface area contributed by atoms with Crippen LogP contribution in [0.15, 0.2) is 11.6 Å². The van der Waals surface area contributed by atoms with Gasteiger partial charge in [0.15, 0.2) is 0 Å². The van der Waals surface area contributed by atoms with Crippen LogP contribution in [0.25, 0.3) is 0 Å². The summed E-state index contributed by atoms with van der Waals surface area (Å²) in [6.45, 7) is 11.0. The van der Waals surface area contributed by atoms with Gasteiger partial charge >= 0.3 is 5.97 Å². The van der Waals surface area contributed by atoms with E-state index in [0.717, 1.165) is 32.5 Å². The van der Waals surface area contributed by atoms with Gasteiger partial charge in [0.1, 0.15) is 0 Å². The fourth-order valence-corrected chi connectivity index (χ4v) is 3.35. The van der Waals surface area contributed by atoms with Crippen LogP contribution >= 0.6 is 0 Å². The average Bonchev–Trinajstić information content (AvgIpc) is 2.54. The second-order valence-corrected chi connectivity index (χ2v) is 6.85. The number of carboxylic acids is 1. The van der Waals surface area contributed by atoms with Gasteiger partial charge in [0.2, 0.25) is 5.91 Å². The van der Waals surface area contributed by atoms with Crippen molar-refractivity contribution in [1.82, 2.24) is 15.5 Å². The molecule has 0 saturated carbocycles. The molecule has 25 heavy (non-hydrogen) atoms. The van der Waals surface area contributed by atoms with Crippen LogP contribution in [-0.2, 0) is 9.59 Å². The Hall–Kier alpha value is -1.44. The molecule has 1 rings (SSSR count). The maximum atomic E-state index is 11.5. The van der Waals surface area contributed by atoms with Crippen molar-refractivity contribution in [3.63, 3.8) is 0 Å². The Bertz CT molecular complexity index is 477. The summed E-state index contributed by atoms with van der Waals surface area (Å²) < 4.78 is 0. The van der Waals surface area contributed by atoms with Crippen molar-refractivity contribution in [2.75, 3.05) is 19.6 Å². The molecule has 1 aliphatic rings. The minimum atomic E-state index is -0.947. The van der Waals surface area contributed by atoms with Crippen molar-refractivity contribution in [2.24, 2.45) is 5.73 Å². The lowest BCUT2D eigenvalue weighted by molar-refractivity contribution is -0.133. The van der Waals surface area contributed by atoms with Crippen LogP contribution in [0, 0.1) is 0 Å². The van der Waals surface area contributed by atoms with Crippen LogP contribution in [0.3, 0.4) is 0 Å². The molecule has 0 aromatic rings. The second-order valence-electron chi connectivity index (χ2n) is 6.85. The zero-order chi connectivity index (χ0) is 19.0. The zero-order valence-corrected chi connectivity index (χ0v) is 15.9. The first kappa shape index (κ1) is 21.6. The molecule has 7 nitrogen and oxygen atoms in total. The van der Waals surface area contributed by atoms with Gasteiger partial charge in [0.25, 0.3) is 0 Å². The first-order valence-corrected chi connectivity index (χ1v) is 9.23. The first-order chi connectivity index (χ1) is 11.8. The first-order valence-electron chi connectivity index (χ1n) is 9.23. The van der Waals surface area contributed by atoms with Crippen LogP contribution in [0.5, 0.6) is 0 Å². The number of aliphatic carboxylic acids is 1. The number of hydrogen-bond donors (Lipinski definition) is 4. The molecule has 7 heteroatoms. The van der Waals surface area contributed by atoms with Crippen molar-refractivity contribution in [3.05, 3.63) is 11.6 Å². The highest BCUT2D eigenvalue weighted by atomic mass is 16.4. The van der Waals surface area contributed by atoms with E-state index >= 15 is 0 Å². The Morgan fingerprint density at radius 1 is 1.40 bits per heavy atom. The molecule has 0 heterocycles. The van der Waals surface area contributed by atoms with Crippen molar-refractivity contribution in [1.29, 1.82) is 0 Å². The van der Waals surface area contributed by atoms with Gasteiger partial charge in [0, 0.05) is 30.6 Å². The highest BCUT2D eigenvalue weighted by Crippen LogP contribution is 2.19. The number of rotatable bonds is 10. The van der Waals surface area contributed by atoms with E-state index in [9.17, 15) is 14.7 Å². The number of carbonyl (C=O) groups excluding carboxylic acids is 1. The molecule has 144 valence electrons. The maximum Gasteiger partial charge on any atom is 0.331 e. The third-order valence-corrected chi connectivity index (χ3v) is 4.81. The number of carboxylic acid groups (broad SMARTS) is 1. The van der Waals surface area contributed by atoms with Gasteiger partial charge < -0.3 is 26.4 Å². The van der Waals surface area contributed by atoms with Crippen LogP contribution in [-0.4, -0.2) is 65.7 Å². The molecule has 4 atom stereocenters. The summed E-state index contributed by atoms with van der Waals surface area (Å²) in [5.41, 5.74) is 6.44. The van der Waals surface area contributed by atoms with Gasteiger partial charge in [0.05, 0.1) is 6.04 Å². The average molecular weight is 354 g/mol. The Kier molecular flexibility index (Phi) is 9.10. The molecule has 0 aromatic carbocycles. The molecule has 0 aliphatic heterocycles. The van der Waals surface area contributed by atoms with Crippen LogP contribution in [0.4, 0.5) is 0 Å². The van der Waals surface area contributed by atoms with E-state index in [-0.39, 0.29) is 30.5 Å². The molecule has 1 amide bonds. The Balaban J connectivity index is 2.69. The van der Waals surface area contributed by atoms with Crippen LogP contribution < -0.4 is 16.4 Å². The molecule has 0 radical (unpaired) electrons. The molecular weight excluding hydrogens is 320 g/mol. The fourth-order valence-electron chi connectivity index (χ4n) is 3.35. The van der Waals surface area contributed by atoms with Gasteiger partial charge in [-0.1, -0.05) is 19.9 Å². The highest BCUT2D eigenvalue weighted by molar-refractivity contribution is 5.87. The summed E-state index contributed by atoms with van der Waals surface area (Å²) in [6.07, 6.45) is 4.00. The van der Waals surface area contributed by atoms with Crippen molar-refractivity contribution in [3.8, 4) is 0 Å². The molecule has 1 aliphatic carbocycles. The van der Waals surface area contributed by atoms with Gasteiger partial charge in [-0.15, -0.1) is 0 Å². The standard InChI is InChI=1S/C18H34N4O3/c1-5-22(6-2)9-7-8-12(3)20-16-11-14(18(24)25)10-15(19)17(16)21-13(4)23/h11-12,15-17,20H,5-10,19H2,1-4H3,(H,21,23)(H,24,25)/t12?,15-,16+,17?/m0/s1. The second kappa shape index (κ2) is 10.5. The lowest BCUT2D eigenvalue weighted by atomic mass is 9.86. The molecule has 5 N–H and O–H groups in total. The van der Waals surface area contributed by atoms with Gasteiger partial charge in [-0.05, 0) is 45.8 Å². The number of nitrogens with zero attached hydrogens (tertiary/aromatic N) is 1. The van der Waals surface area contributed by atoms with E-state index in [1.54, 1.807) is 6.08 Å². The monoisotopic (exact) mass is 354 g/mol. The quantitative estimate of drug-likeness (QED) is 0.460. The summed E-state index contributed by atoms with van der Waals surface area (Å²) in [5.74, 6) is -1.11. The van der Waals surface area contributed by atoms with Crippen LogP contribution in [0.1, 0.15) is 47.0 Å². The van der Waals surface area contributed by atoms with Gasteiger partial charge in [-0.2, -0.15) is 0 Å². The lowest BCUT2D eigenvalue weighted by Crippen LogP contribution is -2.61. The van der Waals surface area contributed by atoms with E-state index in [2.05, 4.69) is 36.3 Å². The Labute approximate surface area is 151 Å².